The minimum Gasteiger partial charge on any atom is -0.324 e. The zero-order valence-corrected chi connectivity index (χ0v) is 13.4. The number of hydrogen-bond donors (Lipinski definition) is 1. The third kappa shape index (κ3) is 3.74. The first-order chi connectivity index (χ1) is 8.04. The molecule has 0 radical (unpaired) electrons. The van der Waals surface area contributed by atoms with E-state index in [0.29, 0.717) is 6.42 Å². The molecule has 90 valence electrons. The summed E-state index contributed by atoms with van der Waals surface area (Å²) in [6, 6.07) is 6.87. The van der Waals surface area contributed by atoms with Crippen LogP contribution in [0.1, 0.15) is 17.2 Å². The summed E-state index contributed by atoms with van der Waals surface area (Å²) in [7, 11) is 0. The van der Waals surface area contributed by atoms with Crippen LogP contribution in [0, 0.1) is 8.70 Å². The van der Waals surface area contributed by atoms with Crippen LogP contribution >= 0.6 is 49.9 Å². The second-order valence-electron chi connectivity index (χ2n) is 3.77. The normalized spacial score (nSPS) is 12.7. The van der Waals surface area contributed by atoms with Crippen molar-refractivity contribution in [2.24, 2.45) is 5.73 Å². The Labute approximate surface area is 125 Å². The zero-order chi connectivity index (χ0) is 12.4. The largest absolute Gasteiger partial charge is 0.324 e. The lowest BCUT2D eigenvalue weighted by Crippen LogP contribution is -2.12. The highest BCUT2D eigenvalue weighted by molar-refractivity contribution is 14.1. The number of halogens is 3. The Morgan fingerprint density at radius 1 is 1.35 bits per heavy atom. The van der Waals surface area contributed by atoms with Gasteiger partial charge in [0.1, 0.15) is 5.82 Å². The van der Waals surface area contributed by atoms with Gasteiger partial charge in [0.25, 0.3) is 0 Å². The topological polar surface area (TPSA) is 26.0 Å². The van der Waals surface area contributed by atoms with E-state index in [4.69, 9.17) is 5.73 Å². The van der Waals surface area contributed by atoms with E-state index in [1.807, 2.05) is 6.07 Å². The van der Waals surface area contributed by atoms with Crippen LogP contribution < -0.4 is 5.73 Å². The summed E-state index contributed by atoms with van der Waals surface area (Å²) in [5.74, 6) is -0.235. The van der Waals surface area contributed by atoms with Crippen molar-refractivity contribution in [1.29, 1.82) is 0 Å². The third-order valence-corrected chi connectivity index (χ3v) is 4.66. The second-order valence-corrected chi connectivity index (χ2v) is 7.49. The van der Waals surface area contributed by atoms with Crippen LogP contribution in [0.25, 0.3) is 0 Å². The SMILES string of the molecule is NC(Cc1cc(F)cc(Br)c1)c1csc(I)c1. The van der Waals surface area contributed by atoms with E-state index in [9.17, 15) is 4.39 Å². The van der Waals surface area contributed by atoms with Crippen molar-refractivity contribution < 1.29 is 4.39 Å². The van der Waals surface area contributed by atoms with Crippen molar-refractivity contribution in [3.8, 4) is 0 Å². The van der Waals surface area contributed by atoms with Crippen LogP contribution in [-0.4, -0.2) is 0 Å². The van der Waals surface area contributed by atoms with Gasteiger partial charge in [-0.05, 0) is 69.8 Å². The van der Waals surface area contributed by atoms with Crippen molar-refractivity contribution >= 4 is 49.9 Å². The maximum absolute atomic E-state index is 13.2. The van der Waals surface area contributed by atoms with Gasteiger partial charge in [0.15, 0.2) is 0 Å². The van der Waals surface area contributed by atoms with E-state index in [2.05, 4.69) is 50.0 Å². The van der Waals surface area contributed by atoms with Crippen LogP contribution in [0.2, 0.25) is 0 Å². The van der Waals surface area contributed by atoms with Gasteiger partial charge in [0.2, 0.25) is 0 Å². The van der Waals surface area contributed by atoms with Gasteiger partial charge >= 0.3 is 0 Å². The molecule has 2 N–H and O–H groups in total. The fraction of sp³-hybridized carbons (Fsp3) is 0.167. The van der Waals surface area contributed by atoms with E-state index in [-0.39, 0.29) is 11.9 Å². The molecular weight excluding hydrogens is 416 g/mol. The molecule has 0 spiro atoms. The highest BCUT2D eigenvalue weighted by Crippen LogP contribution is 2.24. The van der Waals surface area contributed by atoms with Crippen LogP contribution in [0.4, 0.5) is 4.39 Å². The Morgan fingerprint density at radius 2 is 2.12 bits per heavy atom. The van der Waals surface area contributed by atoms with Crippen molar-refractivity contribution in [3.63, 3.8) is 0 Å². The molecule has 2 rings (SSSR count). The number of rotatable bonds is 3. The fourth-order valence-electron chi connectivity index (χ4n) is 1.62. The summed E-state index contributed by atoms with van der Waals surface area (Å²) in [4.78, 5) is 0. The maximum Gasteiger partial charge on any atom is 0.124 e. The molecule has 0 amide bonds. The Kier molecular flexibility index (Phi) is 4.57. The lowest BCUT2D eigenvalue weighted by Gasteiger charge is -2.10. The monoisotopic (exact) mass is 425 g/mol. The quantitative estimate of drug-likeness (QED) is 0.720. The van der Waals surface area contributed by atoms with Crippen LogP contribution in [0.3, 0.4) is 0 Å². The molecule has 0 saturated carbocycles. The van der Waals surface area contributed by atoms with Gasteiger partial charge in [0, 0.05) is 10.5 Å². The average Bonchev–Trinajstić information content (AvgIpc) is 2.63. The molecule has 0 saturated heterocycles. The molecule has 0 aliphatic heterocycles. The van der Waals surface area contributed by atoms with E-state index >= 15 is 0 Å². The highest BCUT2D eigenvalue weighted by atomic mass is 127. The lowest BCUT2D eigenvalue weighted by molar-refractivity contribution is 0.621. The number of nitrogens with two attached hydrogens (primary N) is 1. The van der Waals surface area contributed by atoms with E-state index in [1.54, 1.807) is 11.3 Å². The van der Waals surface area contributed by atoms with Gasteiger partial charge in [-0.1, -0.05) is 15.9 Å². The van der Waals surface area contributed by atoms with E-state index < -0.39 is 0 Å². The molecule has 1 aromatic heterocycles. The van der Waals surface area contributed by atoms with Gasteiger partial charge in [-0.2, -0.15) is 0 Å². The summed E-state index contributed by atoms with van der Waals surface area (Å²) in [5, 5.41) is 2.06. The second kappa shape index (κ2) is 5.77. The zero-order valence-electron chi connectivity index (χ0n) is 8.79. The average molecular weight is 426 g/mol. The van der Waals surface area contributed by atoms with Crippen molar-refractivity contribution in [1.82, 2.24) is 0 Å². The summed E-state index contributed by atoms with van der Waals surface area (Å²) >= 11 is 7.23. The minimum absolute atomic E-state index is 0.0801. The lowest BCUT2D eigenvalue weighted by atomic mass is 10.0. The van der Waals surface area contributed by atoms with Crippen LogP contribution in [0.15, 0.2) is 34.1 Å². The smallest absolute Gasteiger partial charge is 0.124 e. The molecule has 0 fully saturated rings. The van der Waals surface area contributed by atoms with Gasteiger partial charge in [0.05, 0.1) is 2.88 Å². The van der Waals surface area contributed by atoms with Gasteiger partial charge in [-0.25, -0.2) is 4.39 Å². The number of thiophene rings is 1. The Bertz CT molecular complexity index is 509. The Balaban J connectivity index is 2.15. The molecule has 0 aliphatic rings. The summed E-state index contributed by atoms with van der Waals surface area (Å²) < 4.78 is 15.2. The molecule has 1 unspecified atom stereocenters. The maximum atomic E-state index is 13.2. The summed E-state index contributed by atoms with van der Waals surface area (Å²) in [6.45, 7) is 0. The summed E-state index contributed by atoms with van der Waals surface area (Å²) in [5.41, 5.74) is 8.12. The number of hydrogen-bond acceptors (Lipinski definition) is 2. The Hall–Kier alpha value is 0.0200. The molecule has 1 heterocycles. The first kappa shape index (κ1) is 13.5. The van der Waals surface area contributed by atoms with E-state index in [0.717, 1.165) is 15.6 Å². The first-order valence-corrected chi connectivity index (χ1v) is 7.74. The fourth-order valence-corrected chi connectivity index (χ4v) is 3.57. The molecular formula is C12H10BrFINS. The van der Waals surface area contributed by atoms with Gasteiger partial charge < -0.3 is 5.73 Å². The van der Waals surface area contributed by atoms with E-state index in [1.165, 1.54) is 15.0 Å². The highest BCUT2D eigenvalue weighted by Gasteiger charge is 2.10. The first-order valence-electron chi connectivity index (χ1n) is 4.99. The number of benzene rings is 1. The molecule has 2 aromatic rings. The van der Waals surface area contributed by atoms with Crippen LogP contribution in [0.5, 0.6) is 0 Å². The molecule has 1 nitrogen and oxygen atoms in total. The predicted octanol–water partition coefficient (Wildman–Crippen LogP) is 4.50. The third-order valence-electron chi connectivity index (χ3n) is 2.39. The molecule has 5 heteroatoms. The standard InChI is InChI=1S/C12H10BrFINS/c13-9-1-7(2-10(14)5-9)3-11(16)8-4-12(15)17-6-8/h1-2,4-6,11H,3,16H2. The van der Waals surface area contributed by atoms with Crippen molar-refractivity contribution in [2.45, 2.75) is 12.5 Å². The minimum atomic E-state index is -0.235. The van der Waals surface area contributed by atoms with Crippen LogP contribution in [-0.2, 0) is 6.42 Å². The van der Waals surface area contributed by atoms with Crippen molar-refractivity contribution in [2.75, 3.05) is 0 Å². The molecule has 1 atom stereocenters. The van der Waals surface area contributed by atoms with Gasteiger partial charge in [-0.3, -0.25) is 0 Å². The Morgan fingerprint density at radius 3 is 2.71 bits per heavy atom. The molecule has 0 aliphatic carbocycles. The summed E-state index contributed by atoms with van der Waals surface area (Å²) in [6.07, 6.45) is 0.642. The van der Waals surface area contributed by atoms with Crippen molar-refractivity contribution in [3.05, 3.63) is 53.9 Å². The molecule has 17 heavy (non-hydrogen) atoms. The molecule has 1 aromatic carbocycles. The molecule has 0 bridgehead atoms. The predicted molar refractivity (Wildman–Crippen MR) is 81.8 cm³/mol. The van der Waals surface area contributed by atoms with Gasteiger partial charge in [-0.15, -0.1) is 11.3 Å².